The van der Waals surface area contributed by atoms with E-state index >= 15 is 0 Å². The number of halogens is 1. The molecular formula is C15H26FN3O. The normalized spacial score (nSPS) is 12.7. The zero-order valence-corrected chi connectivity index (χ0v) is 12.7. The molecule has 0 aliphatic heterocycles. The highest BCUT2D eigenvalue weighted by Gasteiger charge is 2.12. The van der Waals surface area contributed by atoms with E-state index in [4.69, 9.17) is 10.5 Å². The van der Waals surface area contributed by atoms with E-state index in [0.717, 1.165) is 31.7 Å². The quantitative estimate of drug-likeness (QED) is 0.725. The van der Waals surface area contributed by atoms with Gasteiger partial charge in [-0.05, 0) is 30.8 Å². The van der Waals surface area contributed by atoms with Crippen molar-refractivity contribution in [2.24, 2.45) is 5.73 Å². The van der Waals surface area contributed by atoms with Crippen LogP contribution < -0.4 is 15.8 Å². The molecule has 0 aliphatic carbocycles. The molecule has 1 unspecified atom stereocenters. The fraction of sp³-hybridized carbons (Fsp3) is 0.600. The number of likely N-dealkylation sites (N-methyl/N-ethyl adjacent to an activating group) is 1. The van der Waals surface area contributed by atoms with Crippen molar-refractivity contribution in [2.75, 3.05) is 39.8 Å². The van der Waals surface area contributed by atoms with Gasteiger partial charge in [-0.25, -0.2) is 4.39 Å². The summed E-state index contributed by atoms with van der Waals surface area (Å²) in [5.41, 5.74) is 6.63. The van der Waals surface area contributed by atoms with Crippen LogP contribution in [0.5, 0.6) is 5.75 Å². The third-order valence-corrected chi connectivity index (χ3v) is 3.53. The highest BCUT2D eigenvalue weighted by Crippen LogP contribution is 2.21. The van der Waals surface area contributed by atoms with E-state index < -0.39 is 0 Å². The lowest BCUT2D eigenvalue weighted by Gasteiger charge is -2.22. The summed E-state index contributed by atoms with van der Waals surface area (Å²) in [5, 5.41) is 3.38. The van der Waals surface area contributed by atoms with Crippen molar-refractivity contribution >= 4 is 0 Å². The lowest BCUT2D eigenvalue weighted by molar-refractivity contribution is 0.296. The van der Waals surface area contributed by atoms with Crippen LogP contribution in [0.3, 0.4) is 0 Å². The molecule has 0 spiro atoms. The predicted octanol–water partition coefficient (Wildman–Crippen LogP) is 1.77. The smallest absolute Gasteiger partial charge is 0.165 e. The summed E-state index contributed by atoms with van der Waals surface area (Å²) in [6, 6.07) is 4.94. The second-order valence-electron chi connectivity index (χ2n) is 4.66. The molecule has 3 N–H and O–H groups in total. The SMILES string of the molecule is CCN(CC)CCNC(CN)c1ccc(OC)c(F)c1. The van der Waals surface area contributed by atoms with E-state index in [9.17, 15) is 4.39 Å². The number of ether oxygens (including phenoxy) is 1. The second-order valence-corrected chi connectivity index (χ2v) is 4.66. The molecule has 0 saturated carbocycles. The summed E-state index contributed by atoms with van der Waals surface area (Å²) in [6.07, 6.45) is 0. The van der Waals surface area contributed by atoms with Crippen LogP contribution in [0, 0.1) is 5.82 Å². The molecule has 0 aromatic heterocycles. The summed E-state index contributed by atoms with van der Waals surface area (Å²) < 4.78 is 18.6. The van der Waals surface area contributed by atoms with Crippen molar-refractivity contribution in [3.8, 4) is 5.75 Å². The van der Waals surface area contributed by atoms with Crippen LogP contribution in [-0.4, -0.2) is 44.7 Å². The van der Waals surface area contributed by atoms with Gasteiger partial charge in [0.1, 0.15) is 0 Å². The number of rotatable bonds is 9. The lowest BCUT2D eigenvalue weighted by Crippen LogP contribution is -2.36. The molecule has 0 amide bonds. The topological polar surface area (TPSA) is 50.5 Å². The monoisotopic (exact) mass is 283 g/mol. The largest absolute Gasteiger partial charge is 0.494 e. The standard InChI is InChI=1S/C15H26FN3O/c1-4-19(5-2)9-8-18-14(11-17)12-6-7-15(20-3)13(16)10-12/h6-7,10,14,18H,4-5,8-9,11,17H2,1-3H3. The van der Waals surface area contributed by atoms with Crippen LogP contribution in [0.1, 0.15) is 25.5 Å². The molecule has 1 atom stereocenters. The molecule has 20 heavy (non-hydrogen) atoms. The first-order chi connectivity index (χ1) is 9.65. The van der Waals surface area contributed by atoms with Gasteiger partial charge in [-0.1, -0.05) is 19.9 Å². The average Bonchev–Trinajstić information content (AvgIpc) is 2.47. The average molecular weight is 283 g/mol. The number of nitrogens with one attached hydrogen (secondary N) is 1. The van der Waals surface area contributed by atoms with Crippen molar-refractivity contribution in [2.45, 2.75) is 19.9 Å². The minimum absolute atomic E-state index is 0.0361. The highest BCUT2D eigenvalue weighted by molar-refractivity contribution is 5.31. The number of nitrogens with zero attached hydrogens (tertiary/aromatic N) is 1. The maximum atomic E-state index is 13.7. The van der Waals surface area contributed by atoms with Crippen molar-refractivity contribution in [3.05, 3.63) is 29.6 Å². The molecule has 0 fully saturated rings. The van der Waals surface area contributed by atoms with Gasteiger partial charge < -0.3 is 20.7 Å². The molecule has 0 radical (unpaired) electrons. The summed E-state index contributed by atoms with van der Waals surface area (Å²) in [4.78, 5) is 2.33. The van der Waals surface area contributed by atoms with Crippen molar-refractivity contribution < 1.29 is 9.13 Å². The van der Waals surface area contributed by atoms with Gasteiger partial charge in [-0.3, -0.25) is 0 Å². The van der Waals surface area contributed by atoms with Crippen molar-refractivity contribution in [1.82, 2.24) is 10.2 Å². The van der Waals surface area contributed by atoms with Gasteiger partial charge in [-0.15, -0.1) is 0 Å². The van der Waals surface area contributed by atoms with E-state index in [1.54, 1.807) is 6.07 Å². The molecular weight excluding hydrogens is 257 g/mol. The molecule has 0 aliphatic rings. The van der Waals surface area contributed by atoms with E-state index in [1.807, 2.05) is 6.07 Å². The number of methoxy groups -OCH3 is 1. The zero-order chi connectivity index (χ0) is 15.0. The molecule has 1 aromatic carbocycles. The van der Waals surface area contributed by atoms with E-state index in [1.165, 1.54) is 13.2 Å². The summed E-state index contributed by atoms with van der Waals surface area (Å²) in [7, 11) is 1.46. The van der Waals surface area contributed by atoms with Crippen molar-refractivity contribution in [1.29, 1.82) is 0 Å². The Morgan fingerprint density at radius 2 is 2.05 bits per heavy atom. The lowest BCUT2D eigenvalue weighted by atomic mass is 10.1. The van der Waals surface area contributed by atoms with E-state index in [0.29, 0.717) is 6.54 Å². The van der Waals surface area contributed by atoms with E-state index in [2.05, 4.69) is 24.1 Å². The molecule has 4 nitrogen and oxygen atoms in total. The Kier molecular flexibility index (Phi) is 7.51. The molecule has 1 rings (SSSR count). The number of hydrogen-bond donors (Lipinski definition) is 2. The third kappa shape index (κ3) is 4.74. The Bertz CT molecular complexity index is 397. The Hall–Kier alpha value is -1.17. The first kappa shape index (κ1) is 16.9. The van der Waals surface area contributed by atoms with Gasteiger partial charge in [0, 0.05) is 25.7 Å². The fourth-order valence-electron chi connectivity index (χ4n) is 2.17. The minimum Gasteiger partial charge on any atom is -0.494 e. The molecule has 0 heterocycles. The van der Waals surface area contributed by atoms with Gasteiger partial charge in [-0.2, -0.15) is 0 Å². The van der Waals surface area contributed by atoms with Crippen LogP contribution in [0.4, 0.5) is 4.39 Å². The first-order valence-corrected chi connectivity index (χ1v) is 7.15. The molecule has 0 bridgehead atoms. The molecule has 0 saturated heterocycles. The Morgan fingerprint density at radius 3 is 2.55 bits per heavy atom. The van der Waals surface area contributed by atoms with Gasteiger partial charge in [0.15, 0.2) is 11.6 Å². The van der Waals surface area contributed by atoms with Crippen molar-refractivity contribution in [3.63, 3.8) is 0 Å². The first-order valence-electron chi connectivity index (χ1n) is 7.15. The summed E-state index contributed by atoms with van der Waals surface area (Å²) in [5.74, 6) is -0.0957. The molecule has 5 heteroatoms. The Labute approximate surface area is 121 Å². The van der Waals surface area contributed by atoms with Gasteiger partial charge in [0.25, 0.3) is 0 Å². The Morgan fingerprint density at radius 1 is 1.35 bits per heavy atom. The third-order valence-electron chi connectivity index (χ3n) is 3.53. The minimum atomic E-state index is -0.353. The maximum absolute atomic E-state index is 13.7. The Balaban J connectivity index is 2.59. The molecule has 114 valence electrons. The van der Waals surface area contributed by atoms with Gasteiger partial charge in [0.2, 0.25) is 0 Å². The summed E-state index contributed by atoms with van der Waals surface area (Å²) >= 11 is 0. The number of nitrogens with two attached hydrogens (primary N) is 1. The number of hydrogen-bond acceptors (Lipinski definition) is 4. The van der Waals surface area contributed by atoms with Gasteiger partial charge >= 0.3 is 0 Å². The summed E-state index contributed by atoms with van der Waals surface area (Å²) in [6.45, 7) is 8.57. The van der Waals surface area contributed by atoms with Crippen LogP contribution in [0.2, 0.25) is 0 Å². The second kappa shape index (κ2) is 8.89. The van der Waals surface area contributed by atoms with Crippen LogP contribution in [0.25, 0.3) is 0 Å². The molecule has 1 aromatic rings. The van der Waals surface area contributed by atoms with E-state index in [-0.39, 0.29) is 17.6 Å². The predicted molar refractivity (Wildman–Crippen MR) is 80.5 cm³/mol. The zero-order valence-electron chi connectivity index (χ0n) is 12.7. The fourth-order valence-corrected chi connectivity index (χ4v) is 2.17. The van der Waals surface area contributed by atoms with Gasteiger partial charge in [0.05, 0.1) is 7.11 Å². The van der Waals surface area contributed by atoms with Crippen LogP contribution in [-0.2, 0) is 0 Å². The van der Waals surface area contributed by atoms with Crippen LogP contribution in [0.15, 0.2) is 18.2 Å². The highest BCUT2D eigenvalue weighted by atomic mass is 19.1. The number of benzene rings is 1. The van der Waals surface area contributed by atoms with Crippen LogP contribution >= 0.6 is 0 Å². The maximum Gasteiger partial charge on any atom is 0.165 e.